The fourth-order valence-electron chi connectivity index (χ4n) is 2.59. The molecule has 7 heteroatoms. The summed E-state index contributed by atoms with van der Waals surface area (Å²) >= 11 is 0. The summed E-state index contributed by atoms with van der Waals surface area (Å²) in [6, 6.07) is 4.76. The molecule has 1 atom stereocenters. The van der Waals surface area contributed by atoms with Crippen LogP contribution in [0.25, 0.3) is 0 Å². The van der Waals surface area contributed by atoms with Crippen LogP contribution >= 0.6 is 0 Å². The Labute approximate surface area is 139 Å². The van der Waals surface area contributed by atoms with Crippen LogP contribution in [0.5, 0.6) is 0 Å². The zero-order chi connectivity index (χ0) is 17.5. The van der Waals surface area contributed by atoms with E-state index in [1.165, 1.54) is 25.1 Å². The Balaban J connectivity index is 1.82. The van der Waals surface area contributed by atoms with Crippen molar-refractivity contribution in [2.75, 3.05) is 0 Å². The van der Waals surface area contributed by atoms with Gasteiger partial charge in [-0.3, -0.25) is 10.1 Å². The van der Waals surface area contributed by atoms with E-state index in [4.69, 9.17) is 4.74 Å². The van der Waals surface area contributed by atoms with Crippen molar-refractivity contribution in [1.82, 2.24) is 10.6 Å². The molecule has 1 aromatic carbocycles. The molecule has 0 spiro atoms. The number of urea groups is 1. The lowest BCUT2D eigenvalue weighted by Gasteiger charge is -2.23. The Morgan fingerprint density at radius 1 is 1.17 bits per heavy atom. The van der Waals surface area contributed by atoms with Crippen LogP contribution < -0.4 is 10.6 Å². The summed E-state index contributed by atoms with van der Waals surface area (Å²) in [6.07, 6.45) is 3.82. The van der Waals surface area contributed by atoms with E-state index in [2.05, 4.69) is 10.6 Å². The Hall–Kier alpha value is -2.44. The van der Waals surface area contributed by atoms with E-state index in [0.29, 0.717) is 0 Å². The number of carbonyl (C=O) groups excluding carboxylic acids is 3. The molecule has 1 saturated carbocycles. The van der Waals surface area contributed by atoms with Crippen molar-refractivity contribution in [3.63, 3.8) is 0 Å². The van der Waals surface area contributed by atoms with Crippen molar-refractivity contribution in [3.8, 4) is 0 Å². The molecule has 24 heavy (non-hydrogen) atoms. The summed E-state index contributed by atoms with van der Waals surface area (Å²) in [4.78, 5) is 35.5. The molecule has 6 nitrogen and oxygen atoms in total. The number of imide groups is 1. The minimum absolute atomic E-state index is 0.0582. The van der Waals surface area contributed by atoms with Crippen LogP contribution in [0.1, 0.15) is 49.4 Å². The van der Waals surface area contributed by atoms with Gasteiger partial charge in [-0.1, -0.05) is 31.4 Å². The van der Waals surface area contributed by atoms with Gasteiger partial charge in [0.25, 0.3) is 5.91 Å². The third kappa shape index (κ3) is 5.04. The van der Waals surface area contributed by atoms with Crippen LogP contribution in [0.2, 0.25) is 0 Å². The van der Waals surface area contributed by atoms with Gasteiger partial charge in [-0.25, -0.2) is 14.0 Å². The number of esters is 1. The summed E-state index contributed by atoms with van der Waals surface area (Å²) in [5, 5.41) is 4.87. The van der Waals surface area contributed by atoms with Crippen molar-refractivity contribution >= 4 is 17.9 Å². The topological polar surface area (TPSA) is 84.5 Å². The molecule has 0 radical (unpaired) electrons. The maximum atomic E-state index is 13.5. The molecule has 130 valence electrons. The lowest BCUT2D eigenvalue weighted by atomic mass is 9.96. The van der Waals surface area contributed by atoms with Gasteiger partial charge in [0.15, 0.2) is 6.10 Å². The molecule has 2 rings (SSSR count). The van der Waals surface area contributed by atoms with Crippen molar-refractivity contribution in [2.45, 2.75) is 51.2 Å². The SMILES string of the molecule is C[C@H](OC(=O)c1ccccc1F)C(=O)NC(=O)NC1CCCCC1. The maximum Gasteiger partial charge on any atom is 0.341 e. The Bertz CT molecular complexity index is 614. The fourth-order valence-corrected chi connectivity index (χ4v) is 2.59. The number of ether oxygens (including phenoxy) is 1. The average molecular weight is 336 g/mol. The molecule has 0 heterocycles. The van der Waals surface area contributed by atoms with Crippen LogP contribution in [-0.2, 0) is 9.53 Å². The van der Waals surface area contributed by atoms with E-state index < -0.39 is 29.8 Å². The second kappa shape index (κ2) is 8.42. The highest BCUT2D eigenvalue weighted by molar-refractivity contribution is 5.98. The predicted molar refractivity (Wildman–Crippen MR) is 84.8 cm³/mol. The highest BCUT2D eigenvalue weighted by atomic mass is 19.1. The Morgan fingerprint density at radius 2 is 1.83 bits per heavy atom. The molecule has 0 saturated heterocycles. The van der Waals surface area contributed by atoms with Crippen molar-refractivity contribution in [1.29, 1.82) is 0 Å². The number of amides is 3. The van der Waals surface area contributed by atoms with Gasteiger partial charge < -0.3 is 10.1 Å². The monoisotopic (exact) mass is 336 g/mol. The van der Waals surface area contributed by atoms with E-state index in [9.17, 15) is 18.8 Å². The first kappa shape index (κ1) is 17.9. The summed E-state index contributed by atoms with van der Waals surface area (Å²) in [6.45, 7) is 1.32. The number of nitrogens with one attached hydrogen (secondary N) is 2. The third-order valence-electron chi connectivity index (χ3n) is 3.92. The average Bonchev–Trinajstić information content (AvgIpc) is 2.55. The largest absolute Gasteiger partial charge is 0.449 e. The van der Waals surface area contributed by atoms with Gasteiger partial charge in [-0.2, -0.15) is 0 Å². The molecule has 1 aliphatic carbocycles. The van der Waals surface area contributed by atoms with Gasteiger partial charge in [0.1, 0.15) is 5.82 Å². The molecule has 1 aliphatic rings. The van der Waals surface area contributed by atoms with Gasteiger partial charge in [0.2, 0.25) is 0 Å². The van der Waals surface area contributed by atoms with Crippen LogP contribution in [-0.4, -0.2) is 30.1 Å². The molecule has 0 unspecified atom stereocenters. The normalized spacial score (nSPS) is 16.1. The minimum atomic E-state index is -1.21. The lowest BCUT2D eigenvalue weighted by molar-refractivity contribution is -0.127. The van der Waals surface area contributed by atoms with Crippen molar-refractivity contribution in [3.05, 3.63) is 35.6 Å². The van der Waals surface area contributed by atoms with Gasteiger partial charge in [0.05, 0.1) is 5.56 Å². The highest BCUT2D eigenvalue weighted by Crippen LogP contribution is 2.17. The summed E-state index contributed by atoms with van der Waals surface area (Å²) < 4.78 is 18.4. The van der Waals surface area contributed by atoms with E-state index >= 15 is 0 Å². The van der Waals surface area contributed by atoms with Crippen molar-refractivity contribution in [2.24, 2.45) is 0 Å². The number of hydrogen-bond donors (Lipinski definition) is 2. The molecule has 2 N–H and O–H groups in total. The molecular weight excluding hydrogens is 315 g/mol. The molecule has 0 aliphatic heterocycles. The van der Waals surface area contributed by atoms with Crippen LogP contribution in [0.15, 0.2) is 24.3 Å². The third-order valence-corrected chi connectivity index (χ3v) is 3.92. The van der Waals surface area contributed by atoms with E-state index in [1.807, 2.05) is 0 Å². The van der Waals surface area contributed by atoms with Crippen LogP contribution in [0.3, 0.4) is 0 Å². The second-order valence-electron chi connectivity index (χ2n) is 5.83. The first-order chi connectivity index (χ1) is 11.5. The summed E-state index contributed by atoms with van der Waals surface area (Å²) in [5.74, 6) is -2.44. The lowest BCUT2D eigenvalue weighted by Crippen LogP contribution is -2.48. The molecule has 1 aromatic rings. The van der Waals surface area contributed by atoms with Gasteiger partial charge in [0, 0.05) is 6.04 Å². The smallest absolute Gasteiger partial charge is 0.341 e. The standard InChI is InChI=1S/C17H21FN2O4/c1-11(24-16(22)13-9-5-6-10-14(13)18)15(21)20-17(23)19-12-7-3-2-4-8-12/h5-6,9-12H,2-4,7-8H2,1H3,(H2,19,20,21,23)/t11-/m0/s1. The van der Waals surface area contributed by atoms with Crippen molar-refractivity contribution < 1.29 is 23.5 Å². The Morgan fingerprint density at radius 3 is 2.50 bits per heavy atom. The summed E-state index contributed by atoms with van der Waals surface area (Å²) in [7, 11) is 0. The maximum absolute atomic E-state index is 13.5. The minimum Gasteiger partial charge on any atom is -0.449 e. The summed E-state index contributed by atoms with van der Waals surface area (Å²) in [5.41, 5.74) is -0.260. The molecule has 1 fully saturated rings. The first-order valence-corrected chi connectivity index (χ1v) is 8.04. The van der Waals surface area contributed by atoms with E-state index in [-0.39, 0.29) is 11.6 Å². The number of carbonyl (C=O) groups is 3. The van der Waals surface area contributed by atoms with Crippen LogP contribution in [0.4, 0.5) is 9.18 Å². The highest BCUT2D eigenvalue weighted by Gasteiger charge is 2.23. The van der Waals surface area contributed by atoms with E-state index in [0.717, 1.165) is 38.2 Å². The Kier molecular flexibility index (Phi) is 6.28. The zero-order valence-corrected chi connectivity index (χ0v) is 13.5. The number of halogens is 1. The van der Waals surface area contributed by atoms with Gasteiger partial charge in [-0.15, -0.1) is 0 Å². The predicted octanol–water partition coefficient (Wildman–Crippen LogP) is 2.53. The molecule has 0 aromatic heterocycles. The van der Waals surface area contributed by atoms with Gasteiger partial charge in [-0.05, 0) is 31.9 Å². The van der Waals surface area contributed by atoms with Crippen LogP contribution in [0, 0.1) is 5.82 Å². The quantitative estimate of drug-likeness (QED) is 0.828. The molecular formula is C17H21FN2O4. The van der Waals surface area contributed by atoms with Gasteiger partial charge >= 0.3 is 12.0 Å². The molecule has 0 bridgehead atoms. The fraction of sp³-hybridized carbons (Fsp3) is 0.471. The zero-order valence-electron chi connectivity index (χ0n) is 13.5. The molecule has 3 amide bonds. The number of hydrogen-bond acceptors (Lipinski definition) is 4. The number of benzene rings is 1. The number of rotatable bonds is 4. The second-order valence-corrected chi connectivity index (χ2v) is 5.83. The first-order valence-electron chi connectivity index (χ1n) is 8.04. The van der Waals surface area contributed by atoms with E-state index in [1.54, 1.807) is 0 Å².